The topological polar surface area (TPSA) is 80.3 Å². The highest BCUT2D eigenvalue weighted by Crippen LogP contribution is 2.51. The number of nitrogens with zero attached hydrogens (tertiary/aromatic N) is 4. The average molecular weight is 1090 g/mol. The van der Waals surface area contributed by atoms with Gasteiger partial charge in [0.05, 0.1) is 62.2 Å². The Morgan fingerprint density at radius 3 is 1.07 bits per heavy atom. The van der Waals surface area contributed by atoms with Crippen molar-refractivity contribution in [2.75, 3.05) is 9.80 Å². The van der Waals surface area contributed by atoms with Gasteiger partial charge in [-0.25, -0.2) is 0 Å². The molecular formula is C74H58N4O2Si2. The molecule has 6 nitrogen and oxygen atoms in total. The summed E-state index contributed by atoms with van der Waals surface area (Å²) >= 11 is 0. The van der Waals surface area contributed by atoms with E-state index >= 15 is 0 Å². The number of fused-ring (bicyclic) bond motifs is 6. The molecule has 2 heterocycles. The minimum Gasteiger partial charge on any atom is -0.453 e. The first-order valence-corrected chi connectivity index (χ1v) is 35.1. The molecule has 0 unspecified atom stereocenters. The first kappa shape index (κ1) is 50.5. The van der Waals surface area contributed by atoms with E-state index in [0.29, 0.717) is 11.1 Å². The van der Waals surface area contributed by atoms with Gasteiger partial charge in [0, 0.05) is 54.8 Å². The number of nitriles is 2. The Bertz CT molecular complexity index is 4690. The highest BCUT2D eigenvalue weighted by atomic mass is 28.3. The second-order valence-electron chi connectivity index (χ2n) is 24.0. The number of rotatable bonds is 10. The van der Waals surface area contributed by atoms with Gasteiger partial charge in [-0.05, 0) is 130 Å². The number of furan rings is 2. The van der Waals surface area contributed by atoms with Crippen LogP contribution >= 0.6 is 0 Å². The third-order valence-electron chi connectivity index (χ3n) is 16.9. The molecule has 0 saturated carbocycles. The van der Waals surface area contributed by atoms with Gasteiger partial charge in [0.1, 0.15) is 11.2 Å². The minimum atomic E-state index is -1.65. The highest BCUT2D eigenvalue weighted by molar-refractivity contribution is 6.89. The molecular weight excluding hydrogens is 1030 g/mol. The van der Waals surface area contributed by atoms with Gasteiger partial charge in [-0.1, -0.05) is 183 Å². The quantitative estimate of drug-likeness (QED) is 0.100. The summed E-state index contributed by atoms with van der Waals surface area (Å²) in [5.74, 6) is 0. The van der Waals surface area contributed by atoms with Crippen LogP contribution in [-0.2, 0) is 0 Å². The molecule has 0 N–H and O–H groups in total. The maximum atomic E-state index is 9.73. The van der Waals surface area contributed by atoms with Crippen LogP contribution in [0.2, 0.25) is 39.3 Å². The molecule has 0 spiro atoms. The number of para-hydroxylation sites is 4. The predicted molar refractivity (Wildman–Crippen MR) is 350 cm³/mol. The van der Waals surface area contributed by atoms with E-state index in [-0.39, 0.29) is 0 Å². The SMILES string of the molecule is Cc1cc(C#N)ccc1-c1cccc2c1oc1c(N(c3ccc([Si](C)(C)C)cc3)c3ccc4ccc5c(N(c6ccc([Si](C)(C)C)cc6)c6cccc7c6oc6c(-c8ccc(C#N)cc8C)cccc67)ccc6ccc3c4c65)cccc12. The van der Waals surface area contributed by atoms with E-state index < -0.39 is 16.1 Å². The van der Waals surface area contributed by atoms with Gasteiger partial charge < -0.3 is 18.6 Å². The van der Waals surface area contributed by atoms with Crippen LogP contribution in [0.4, 0.5) is 34.1 Å². The Morgan fingerprint density at radius 1 is 0.341 bits per heavy atom. The molecule has 394 valence electrons. The molecule has 0 saturated heterocycles. The van der Waals surface area contributed by atoms with E-state index in [2.05, 4.69) is 245 Å². The molecule has 8 heteroatoms. The van der Waals surface area contributed by atoms with Crippen molar-refractivity contribution in [1.82, 2.24) is 0 Å². The van der Waals surface area contributed by atoms with E-state index in [1.54, 1.807) is 0 Å². The van der Waals surface area contributed by atoms with Crippen molar-refractivity contribution in [2.24, 2.45) is 0 Å². The molecule has 14 aromatic rings. The fourth-order valence-electron chi connectivity index (χ4n) is 12.7. The zero-order chi connectivity index (χ0) is 56.3. The van der Waals surface area contributed by atoms with Gasteiger partial charge >= 0.3 is 0 Å². The van der Waals surface area contributed by atoms with E-state index in [4.69, 9.17) is 8.83 Å². The molecule has 2 aromatic heterocycles. The summed E-state index contributed by atoms with van der Waals surface area (Å²) in [6, 6.07) is 78.9. The Labute approximate surface area is 479 Å². The third kappa shape index (κ3) is 8.09. The molecule has 0 atom stereocenters. The molecule has 0 radical (unpaired) electrons. The number of hydrogen-bond donors (Lipinski definition) is 0. The van der Waals surface area contributed by atoms with Gasteiger partial charge in [-0.15, -0.1) is 0 Å². The summed E-state index contributed by atoms with van der Waals surface area (Å²) in [5.41, 5.74) is 16.7. The van der Waals surface area contributed by atoms with Crippen LogP contribution in [0, 0.1) is 36.5 Å². The lowest BCUT2D eigenvalue weighted by atomic mass is 9.91. The van der Waals surface area contributed by atoms with Gasteiger partial charge in [-0.3, -0.25) is 0 Å². The van der Waals surface area contributed by atoms with Gasteiger partial charge in [0.15, 0.2) is 11.2 Å². The van der Waals surface area contributed by atoms with Crippen molar-refractivity contribution >= 4 is 137 Å². The lowest BCUT2D eigenvalue weighted by Gasteiger charge is -2.30. The Hall–Kier alpha value is -9.71. The summed E-state index contributed by atoms with van der Waals surface area (Å²) in [7, 11) is -3.29. The summed E-state index contributed by atoms with van der Waals surface area (Å²) in [6.07, 6.45) is 0. The number of benzene rings is 12. The summed E-state index contributed by atoms with van der Waals surface area (Å²) < 4.78 is 14.5. The summed E-state index contributed by atoms with van der Waals surface area (Å²) in [6.45, 7) is 18.5. The van der Waals surface area contributed by atoms with Crippen LogP contribution in [-0.4, -0.2) is 16.1 Å². The first-order chi connectivity index (χ1) is 39.7. The zero-order valence-electron chi connectivity index (χ0n) is 47.2. The van der Waals surface area contributed by atoms with Crippen LogP contribution < -0.4 is 20.2 Å². The van der Waals surface area contributed by atoms with E-state index in [9.17, 15) is 10.5 Å². The monoisotopic (exact) mass is 1090 g/mol. The van der Waals surface area contributed by atoms with Crippen LogP contribution in [0.15, 0.2) is 215 Å². The average Bonchev–Trinajstić information content (AvgIpc) is 2.10. The van der Waals surface area contributed by atoms with Crippen LogP contribution in [0.1, 0.15) is 22.3 Å². The highest BCUT2D eigenvalue weighted by Gasteiger charge is 2.28. The van der Waals surface area contributed by atoms with Crippen LogP contribution in [0.25, 0.3) is 98.4 Å². The molecule has 0 aliphatic heterocycles. The summed E-state index contributed by atoms with van der Waals surface area (Å²) in [5, 5.41) is 33.3. The number of anilines is 6. The minimum absolute atomic E-state index is 0.636. The zero-order valence-corrected chi connectivity index (χ0v) is 49.2. The predicted octanol–water partition coefficient (Wildman–Crippen LogP) is 20.1. The number of hydrogen-bond acceptors (Lipinski definition) is 6. The van der Waals surface area contributed by atoms with Crippen molar-refractivity contribution in [3.05, 3.63) is 229 Å². The van der Waals surface area contributed by atoms with Gasteiger partial charge in [0.2, 0.25) is 0 Å². The Balaban J connectivity index is 1.000. The van der Waals surface area contributed by atoms with Crippen LogP contribution in [0.3, 0.4) is 0 Å². The third-order valence-corrected chi connectivity index (χ3v) is 21.0. The van der Waals surface area contributed by atoms with Crippen molar-refractivity contribution in [3.63, 3.8) is 0 Å². The second kappa shape index (κ2) is 19.0. The fraction of sp³-hybridized carbons (Fsp3) is 0.108. The second-order valence-corrected chi connectivity index (χ2v) is 34.2. The molecule has 0 aliphatic carbocycles. The Morgan fingerprint density at radius 2 is 0.707 bits per heavy atom. The fourth-order valence-corrected chi connectivity index (χ4v) is 15.0. The summed E-state index contributed by atoms with van der Waals surface area (Å²) in [4.78, 5) is 4.81. The lowest BCUT2D eigenvalue weighted by Crippen LogP contribution is -2.37. The van der Waals surface area contributed by atoms with Gasteiger partial charge in [-0.2, -0.15) is 10.5 Å². The molecule has 0 bridgehead atoms. The lowest BCUT2D eigenvalue weighted by molar-refractivity contribution is 0.670. The van der Waals surface area contributed by atoms with Crippen molar-refractivity contribution in [1.29, 1.82) is 10.5 Å². The Kier molecular flexibility index (Phi) is 11.7. The molecule has 12 aromatic carbocycles. The largest absolute Gasteiger partial charge is 0.453 e. The van der Waals surface area contributed by atoms with E-state index in [1.807, 2.05) is 36.4 Å². The van der Waals surface area contributed by atoms with Crippen molar-refractivity contribution < 1.29 is 8.83 Å². The van der Waals surface area contributed by atoms with Crippen molar-refractivity contribution in [3.8, 4) is 34.4 Å². The molecule has 0 aliphatic rings. The molecule has 0 fully saturated rings. The smallest absolute Gasteiger partial charge is 0.159 e. The molecule has 14 rings (SSSR count). The van der Waals surface area contributed by atoms with E-state index in [1.165, 1.54) is 21.1 Å². The maximum absolute atomic E-state index is 9.73. The molecule has 0 amide bonds. The van der Waals surface area contributed by atoms with E-state index in [0.717, 1.165) is 133 Å². The van der Waals surface area contributed by atoms with Gasteiger partial charge in [0.25, 0.3) is 0 Å². The van der Waals surface area contributed by atoms with Crippen molar-refractivity contribution in [2.45, 2.75) is 53.1 Å². The number of aryl methyl sites for hydroxylation is 2. The van der Waals surface area contributed by atoms with Crippen LogP contribution in [0.5, 0.6) is 0 Å². The molecule has 82 heavy (non-hydrogen) atoms. The normalized spacial score (nSPS) is 12.1. The standard InChI is InChI=1S/C74H58N4O2Si2/c1-45-41-47(43-75)21-35-55(45)57-13-9-15-59-61-17-11-19-67(73(61)79-71(57)59)77(51-27-31-53(32-28-51)81(3,4)5)65-39-25-49-24-38-64-66(40-26-50-23-37-63(65)69(49)70(50)64)78(52-29-33-54(34-30-52)82(6,7)8)68-20-12-18-62-60-16-10-14-58(72(60)80-74(62)68)56-36-22-48(44-76)42-46(56)2/h9-42H,1-8H3. The first-order valence-electron chi connectivity index (χ1n) is 28.1. The maximum Gasteiger partial charge on any atom is 0.159 e.